The number of hydrogen-bond acceptors (Lipinski definition) is 4. The maximum atomic E-state index is 12.5. The summed E-state index contributed by atoms with van der Waals surface area (Å²) in [7, 11) is 3.00. The predicted molar refractivity (Wildman–Crippen MR) is 114 cm³/mol. The van der Waals surface area contributed by atoms with Gasteiger partial charge >= 0.3 is 0 Å². The van der Waals surface area contributed by atoms with E-state index in [1.54, 1.807) is 18.2 Å². The summed E-state index contributed by atoms with van der Waals surface area (Å²) in [4.78, 5) is 12.5. The summed E-state index contributed by atoms with van der Waals surface area (Å²) >= 11 is 6.10. The Morgan fingerprint density at radius 1 is 1.24 bits per heavy atom. The number of halogens is 1. The van der Waals surface area contributed by atoms with E-state index < -0.39 is 0 Å². The summed E-state index contributed by atoms with van der Waals surface area (Å²) in [6, 6.07) is 13.2. The Bertz CT molecular complexity index is 1110. The molecule has 0 aliphatic carbocycles. The lowest BCUT2D eigenvalue weighted by Crippen LogP contribution is -2.09. The molecule has 1 N–H and O–H groups in total. The largest absolute Gasteiger partial charge is 0.495 e. The van der Waals surface area contributed by atoms with Crippen molar-refractivity contribution in [3.63, 3.8) is 0 Å². The van der Waals surface area contributed by atoms with Gasteiger partial charge in [-0.25, -0.2) is 0 Å². The molecule has 29 heavy (non-hydrogen) atoms. The van der Waals surface area contributed by atoms with E-state index in [0.717, 1.165) is 16.5 Å². The number of ether oxygens (including phenoxy) is 2. The molecule has 2 aromatic carbocycles. The van der Waals surface area contributed by atoms with Gasteiger partial charge in [-0.2, -0.15) is 5.26 Å². The van der Waals surface area contributed by atoms with Crippen LogP contribution in [0.4, 0.5) is 5.69 Å². The number of methoxy groups -OCH3 is 2. The fraction of sp³-hybridized carbons (Fsp3) is 0.182. The number of aryl methyl sites for hydroxylation is 1. The zero-order chi connectivity index (χ0) is 20.8. The first-order chi connectivity index (χ1) is 14.1. The summed E-state index contributed by atoms with van der Waals surface area (Å²) in [5.41, 5.74) is 2.38. The van der Waals surface area contributed by atoms with E-state index in [-0.39, 0.29) is 5.91 Å². The number of carbonyl (C=O) groups is 1. The Hall–Kier alpha value is -3.43. The van der Waals surface area contributed by atoms with Crippen molar-refractivity contribution in [3.05, 3.63) is 59.3 Å². The lowest BCUT2D eigenvalue weighted by Gasteiger charge is -2.12. The maximum Gasteiger partial charge on any atom is 0.248 e. The molecule has 0 aliphatic rings. The smallest absolute Gasteiger partial charge is 0.248 e. The second kappa shape index (κ2) is 9.18. The van der Waals surface area contributed by atoms with Crippen LogP contribution in [0.1, 0.15) is 12.0 Å². The van der Waals surface area contributed by atoms with Crippen LogP contribution < -0.4 is 14.8 Å². The Kier molecular flexibility index (Phi) is 6.43. The number of nitriles is 1. The minimum atomic E-state index is -0.318. The van der Waals surface area contributed by atoms with Crippen LogP contribution in [0.25, 0.3) is 17.0 Å². The molecule has 6 nitrogen and oxygen atoms in total. The van der Waals surface area contributed by atoms with Crippen LogP contribution in [0.3, 0.4) is 0 Å². The van der Waals surface area contributed by atoms with Gasteiger partial charge in [0.25, 0.3) is 0 Å². The summed E-state index contributed by atoms with van der Waals surface area (Å²) in [6.07, 6.45) is 5.56. The standard InChI is InChI=1S/C22H20ClN3O3/c1-28-20-13-18(21(29-2)12-17(20)23)25-22(27)9-8-15-14-26(11-5-10-24)19-7-4-3-6-16(15)19/h3-4,6-9,12-14H,5,11H2,1-2H3,(H,25,27)/b9-8+. The summed E-state index contributed by atoms with van der Waals surface area (Å²) < 4.78 is 12.5. The molecule has 0 bridgehead atoms. The molecule has 148 valence electrons. The van der Waals surface area contributed by atoms with E-state index in [9.17, 15) is 4.79 Å². The van der Waals surface area contributed by atoms with Crippen molar-refractivity contribution in [2.24, 2.45) is 0 Å². The Morgan fingerprint density at radius 2 is 2.00 bits per heavy atom. The van der Waals surface area contributed by atoms with Gasteiger partial charge in [0.15, 0.2) is 0 Å². The molecule has 3 rings (SSSR count). The van der Waals surface area contributed by atoms with Crippen molar-refractivity contribution in [2.45, 2.75) is 13.0 Å². The highest BCUT2D eigenvalue weighted by Gasteiger charge is 2.12. The molecule has 0 fully saturated rings. The van der Waals surface area contributed by atoms with E-state index in [0.29, 0.717) is 35.2 Å². The van der Waals surface area contributed by atoms with Crippen molar-refractivity contribution in [2.75, 3.05) is 19.5 Å². The van der Waals surface area contributed by atoms with Crippen LogP contribution >= 0.6 is 11.6 Å². The minimum Gasteiger partial charge on any atom is -0.495 e. The zero-order valence-corrected chi connectivity index (χ0v) is 16.9. The molecule has 1 amide bonds. The average molecular weight is 410 g/mol. The van der Waals surface area contributed by atoms with Crippen LogP contribution in [-0.4, -0.2) is 24.7 Å². The van der Waals surface area contributed by atoms with Gasteiger partial charge in [-0.3, -0.25) is 4.79 Å². The SMILES string of the molecule is COc1cc(NC(=O)/C=C/c2cn(CCC#N)c3ccccc23)c(OC)cc1Cl. The fourth-order valence-electron chi connectivity index (χ4n) is 3.06. The number of benzene rings is 2. The molecular formula is C22H20ClN3O3. The van der Waals surface area contributed by atoms with E-state index in [1.165, 1.54) is 20.3 Å². The normalized spacial score (nSPS) is 10.8. The molecule has 0 saturated heterocycles. The highest BCUT2D eigenvalue weighted by molar-refractivity contribution is 6.32. The third-order valence-electron chi connectivity index (χ3n) is 4.43. The first kappa shape index (κ1) is 20.3. The Balaban J connectivity index is 1.84. The van der Waals surface area contributed by atoms with Crippen LogP contribution in [0.15, 0.2) is 48.7 Å². The average Bonchev–Trinajstić information content (AvgIpc) is 3.09. The molecule has 1 heterocycles. The van der Waals surface area contributed by atoms with Gasteiger partial charge in [-0.05, 0) is 12.1 Å². The Labute approximate surface area is 173 Å². The number of amides is 1. The molecule has 0 unspecified atom stereocenters. The molecule has 7 heteroatoms. The van der Waals surface area contributed by atoms with Crippen molar-refractivity contribution < 1.29 is 14.3 Å². The van der Waals surface area contributed by atoms with Crippen molar-refractivity contribution in [1.82, 2.24) is 4.57 Å². The number of rotatable bonds is 7. The highest BCUT2D eigenvalue weighted by Crippen LogP contribution is 2.35. The minimum absolute atomic E-state index is 0.318. The molecule has 1 aromatic heterocycles. The third kappa shape index (κ3) is 4.53. The van der Waals surface area contributed by atoms with Crippen LogP contribution in [0.5, 0.6) is 11.5 Å². The first-order valence-corrected chi connectivity index (χ1v) is 9.30. The second-order valence-corrected chi connectivity index (χ2v) is 6.62. The van der Waals surface area contributed by atoms with E-state index in [1.807, 2.05) is 35.0 Å². The van der Waals surface area contributed by atoms with Crippen LogP contribution in [0.2, 0.25) is 5.02 Å². The van der Waals surface area contributed by atoms with Gasteiger partial charge < -0.3 is 19.4 Å². The second-order valence-electron chi connectivity index (χ2n) is 6.21. The summed E-state index contributed by atoms with van der Waals surface area (Å²) in [5, 5.41) is 13.1. The quantitative estimate of drug-likeness (QED) is 0.564. The van der Waals surface area contributed by atoms with Crippen LogP contribution in [-0.2, 0) is 11.3 Å². The van der Waals surface area contributed by atoms with Gasteiger partial charge in [0.05, 0.1) is 37.4 Å². The van der Waals surface area contributed by atoms with Gasteiger partial charge in [-0.15, -0.1) is 0 Å². The predicted octanol–water partition coefficient (Wildman–Crippen LogP) is 4.88. The topological polar surface area (TPSA) is 76.3 Å². The van der Waals surface area contributed by atoms with Gasteiger partial charge in [0.2, 0.25) is 5.91 Å². The van der Waals surface area contributed by atoms with Crippen molar-refractivity contribution in [1.29, 1.82) is 5.26 Å². The van der Waals surface area contributed by atoms with Gasteiger partial charge in [-0.1, -0.05) is 29.8 Å². The van der Waals surface area contributed by atoms with Crippen molar-refractivity contribution in [3.8, 4) is 17.6 Å². The Morgan fingerprint density at radius 3 is 2.72 bits per heavy atom. The van der Waals surface area contributed by atoms with E-state index >= 15 is 0 Å². The number of nitrogens with one attached hydrogen (secondary N) is 1. The molecule has 0 radical (unpaired) electrons. The fourth-order valence-corrected chi connectivity index (χ4v) is 3.29. The van der Waals surface area contributed by atoms with E-state index in [2.05, 4.69) is 11.4 Å². The lowest BCUT2D eigenvalue weighted by atomic mass is 10.1. The monoisotopic (exact) mass is 409 g/mol. The van der Waals surface area contributed by atoms with Crippen LogP contribution in [0, 0.1) is 11.3 Å². The number of para-hydroxylation sites is 1. The maximum absolute atomic E-state index is 12.5. The van der Waals surface area contributed by atoms with Crippen molar-refractivity contribution >= 4 is 40.2 Å². The van der Waals surface area contributed by atoms with Gasteiger partial charge in [0, 0.05) is 47.4 Å². The lowest BCUT2D eigenvalue weighted by molar-refractivity contribution is -0.111. The van der Waals surface area contributed by atoms with E-state index in [4.69, 9.17) is 26.3 Å². The highest BCUT2D eigenvalue weighted by atomic mass is 35.5. The molecule has 3 aromatic rings. The molecule has 0 atom stereocenters. The number of nitrogens with zero attached hydrogens (tertiary/aromatic N) is 2. The third-order valence-corrected chi connectivity index (χ3v) is 4.73. The number of carbonyl (C=O) groups excluding carboxylic acids is 1. The molecular weight excluding hydrogens is 390 g/mol. The summed E-state index contributed by atoms with van der Waals surface area (Å²) in [5.74, 6) is 0.555. The molecule has 0 aliphatic heterocycles. The zero-order valence-electron chi connectivity index (χ0n) is 16.1. The number of aromatic nitrogens is 1. The summed E-state index contributed by atoms with van der Waals surface area (Å²) in [6.45, 7) is 0.596. The number of hydrogen-bond donors (Lipinski definition) is 1. The molecule has 0 saturated carbocycles. The molecule has 0 spiro atoms. The van der Waals surface area contributed by atoms with Gasteiger partial charge in [0.1, 0.15) is 11.5 Å². The number of fused-ring (bicyclic) bond motifs is 1. The number of anilines is 1. The first-order valence-electron chi connectivity index (χ1n) is 8.92.